The summed E-state index contributed by atoms with van der Waals surface area (Å²) in [6.07, 6.45) is 3.27. The molecule has 0 saturated carbocycles. The van der Waals surface area contributed by atoms with Gasteiger partial charge in [0.2, 0.25) is 0 Å². The zero-order chi connectivity index (χ0) is 13.2. The largest absolute Gasteiger partial charge is 0.444 e. The van der Waals surface area contributed by atoms with Gasteiger partial charge in [-0.2, -0.15) is 0 Å². The van der Waals surface area contributed by atoms with Gasteiger partial charge in [-0.3, -0.25) is 4.98 Å². The van der Waals surface area contributed by atoms with Gasteiger partial charge < -0.3 is 15.0 Å². The van der Waals surface area contributed by atoms with E-state index in [0.29, 0.717) is 13.1 Å². The van der Waals surface area contributed by atoms with Crippen molar-refractivity contribution in [2.24, 2.45) is 0 Å². The summed E-state index contributed by atoms with van der Waals surface area (Å²) in [6.45, 7) is 6.95. The molecule has 0 aliphatic carbocycles. The molecule has 1 amide bonds. The van der Waals surface area contributed by atoms with E-state index in [1.54, 1.807) is 17.3 Å². The van der Waals surface area contributed by atoms with Crippen LogP contribution in [-0.4, -0.2) is 40.7 Å². The van der Waals surface area contributed by atoms with Crippen molar-refractivity contribution in [3.05, 3.63) is 24.5 Å². The summed E-state index contributed by atoms with van der Waals surface area (Å²) in [5.41, 5.74) is 0.546. The molecule has 1 aliphatic rings. The molecule has 1 saturated heterocycles. The maximum Gasteiger partial charge on any atom is 0.410 e. The van der Waals surface area contributed by atoms with Crippen molar-refractivity contribution in [2.75, 3.05) is 18.4 Å². The zero-order valence-corrected chi connectivity index (χ0v) is 11.0. The number of rotatable bonds is 2. The van der Waals surface area contributed by atoms with Crippen molar-refractivity contribution in [1.82, 2.24) is 9.88 Å². The molecule has 0 aromatic carbocycles. The lowest BCUT2D eigenvalue weighted by atomic mass is 10.1. The van der Waals surface area contributed by atoms with Crippen LogP contribution in [0.15, 0.2) is 24.5 Å². The van der Waals surface area contributed by atoms with Gasteiger partial charge in [0.05, 0.1) is 11.7 Å². The molecule has 5 heteroatoms. The van der Waals surface area contributed by atoms with Crippen LogP contribution in [0.5, 0.6) is 0 Å². The summed E-state index contributed by atoms with van der Waals surface area (Å²) in [6, 6.07) is 4.12. The lowest BCUT2D eigenvalue weighted by Gasteiger charge is -2.40. The highest BCUT2D eigenvalue weighted by Gasteiger charge is 2.33. The second-order valence-electron chi connectivity index (χ2n) is 5.47. The number of aromatic nitrogens is 1. The number of likely N-dealkylation sites (tertiary alicyclic amines) is 1. The molecular weight excluding hydrogens is 230 g/mol. The molecular formula is C13H19N3O2. The van der Waals surface area contributed by atoms with E-state index in [9.17, 15) is 4.79 Å². The van der Waals surface area contributed by atoms with Crippen molar-refractivity contribution in [1.29, 1.82) is 0 Å². The summed E-state index contributed by atoms with van der Waals surface area (Å²) in [7, 11) is 0. The van der Waals surface area contributed by atoms with E-state index in [1.165, 1.54) is 0 Å². The van der Waals surface area contributed by atoms with Crippen LogP contribution in [0.1, 0.15) is 20.8 Å². The van der Waals surface area contributed by atoms with E-state index in [2.05, 4.69) is 10.3 Å². The Morgan fingerprint density at radius 1 is 1.50 bits per heavy atom. The average molecular weight is 249 g/mol. The lowest BCUT2D eigenvalue weighted by Crippen LogP contribution is -2.57. The van der Waals surface area contributed by atoms with Gasteiger partial charge in [-0.05, 0) is 32.9 Å². The molecule has 1 aliphatic heterocycles. The Kier molecular flexibility index (Phi) is 3.41. The molecule has 18 heavy (non-hydrogen) atoms. The van der Waals surface area contributed by atoms with E-state index in [4.69, 9.17) is 4.74 Å². The molecule has 0 atom stereocenters. The van der Waals surface area contributed by atoms with Gasteiger partial charge >= 0.3 is 6.09 Å². The van der Waals surface area contributed by atoms with Crippen LogP contribution in [0, 0.1) is 0 Å². The van der Waals surface area contributed by atoms with Crippen LogP contribution >= 0.6 is 0 Å². The summed E-state index contributed by atoms with van der Waals surface area (Å²) >= 11 is 0. The standard InChI is InChI=1S/C13H19N3O2/c1-13(2,3)18-12(17)16-8-11(9-16)15-10-5-4-6-14-7-10/h4-7,11,15H,8-9H2,1-3H3. The number of carbonyl (C=O) groups is 1. The normalized spacial score (nSPS) is 16.1. The van der Waals surface area contributed by atoms with Crippen LogP contribution in [0.3, 0.4) is 0 Å². The second-order valence-corrected chi connectivity index (χ2v) is 5.47. The summed E-state index contributed by atoms with van der Waals surface area (Å²) in [4.78, 5) is 17.4. The summed E-state index contributed by atoms with van der Waals surface area (Å²) in [5.74, 6) is 0. The fourth-order valence-corrected chi connectivity index (χ4v) is 1.73. The Balaban J connectivity index is 1.76. The number of nitrogens with one attached hydrogen (secondary N) is 1. The number of nitrogens with zero attached hydrogens (tertiary/aromatic N) is 2. The number of hydrogen-bond acceptors (Lipinski definition) is 4. The highest BCUT2D eigenvalue weighted by atomic mass is 16.6. The van der Waals surface area contributed by atoms with Gasteiger partial charge in [0.25, 0.3) is 0 Å². The predicted octanol–water partition coefficient (Wildman–Crippen LogP) is 2.11. The Morgan fingerprint density at radius 2 is 2.22 bits per heavy atom. The third-order valence-electron chi connectivity index (χ3n) is 2.57. The number of hydrogen-bond donors (Lipinski definition) is 1. The van der Waals surface area contributed by atoms with Crippen molar-refractivity contribution in [3.8, 4) is 0 Å². The Hall–Kier alpha value is -1.78. The van der Waals surface area contributed by atoms with E-state index < -0.39 is 5.60 Å². The minimum Gasteiger partial charge on any atom is -0.444 e. The molecule has 2 heterocycles. The third-order valence-corrected chi connectivity index (χ3v) is 2.57. The molecule has 0 radical (unpaired) electrons. The fourth-order valence-electron chi connectivity index (χ4n) is 1.73. The predicted molar refractivity (Wildman–Crippen MR) is 69.5 cm³/mol. The highest BCUT2D eigenvalue weighted by molar-refractivity contribution is 5.69. The van der Waals surface area contributed by atoms with Crippen LogP contribution in [-0.2, 0) is 4.74 Å². The third kappa shape index (κ3) is 3.35. The fraction of sp³-hybridized carbons (Fsp3) is 0.538. The molecule has 1 aromatic heterocycles. The summed E-state index contributed by atoms with van der Waals surface area (Å²) in [5, 5.41) is 3.31. The van der Waals surface area contributed by atoms with E-state index in [0.717, 1.165) is 5.69 Å². The van der Waals surface area contributed by atoms with E-state index in [-0.39, 0.29) is 12.1 Å². The molecule has 0 bridgehead atoms. The first-order valence-electron chi connectivity index (χ1n) is 6.08. The first kappa shape index (κ1) is 12.7. The first-order valence-corrected chi connectivity index (χ1v) is 6.08. The smallest absolute Gasteiger partial charge is 0.410 e. The van der Waals surface area contributed by atoms with Crippen LogP contribution in [0.25, 0.3) is 0 Å². The maximum absolute atomic E-state index is 11.7. The summed E-state index contributed by atoms with van der Waals surface area (Å²) < 4.78 is 5.29. The van der Waals surface area contributed by atoms with Crippen LogP contribution < -0.4 is 5.32 Å². The molecule has 2 rings (SSSR count). The molecule has 0 spiro atoms. The Bertz CT molecular complexity index is 408. The van der Waals surface area contributed by atoms with E-state index >= 15 is 0 Å². The SMILES string of the molecule is CC(C)(C)OC(=O)N1CC(Nc2cccnc2)C1. The lowest BCUT2D eigenvalue weighted by molar-refractivity contribution is 0.0105. The number of pyridine rings is 1. The molecule has 5 nitrogen and oxygen atoms in total. The molecule has 98 valence electrons. The number of amides is 1. The minimum atomic E-state index is -0.432. The van der Waals surface area contributed by atoms with Crippen molar-refractivity contribution >= 4 is 11.8 Å². The van der Waals surface area contributed by atoms with Crippen molar-refractivity contribution in [3.63, 3.8) is 0 Å². The van der Waals surface area contributed by atoms with Crippen LogP contribution in [0.4, 0.5) is 10.5 Å². The molecule has 1 N–H and O–H groups in total. The van der Waals surface area contributed by atoms with Crippen LogP contribution in [0.2, 0.25) is 0 Å². The van der Waals surface area contributed by atoms with Gasteiger partial charge in [-0.1, -0.05) is 0 Å². The quantitative estimate of drug-likeness (QED) is 0.872. The number of anilines is 1. The van der Waals surface area contributed by atoms with Crippen molar-refractivity contribution in [2.45, 2.75) is 32.4 Å². The van der Waals surface area contributed by atoms with Gasteiger partial charge in [0, 0.05) is 25.5 Å². The maximum atomic E-state index is 11.7. The molecule has 1 fully saturated rings. The average Bonchev–Trinajstić information content (AvgIpc) is 2.21. The van der Waals surface area contributed by atoms with E-state index in [1.807, 2.05) is 32.9 Å². The molecule has 1 aromatic rings. The van der Waals surface area contributed by atoms with Gasteiger partial charge in [0.15, 0.2) is 0 Å². The monoisotopic (exact) mass is 249 g/mol. The number of ether oxygens (including phenoxy) is 1. The zero-order valence-electron chi connectivity index (χ0n) is 11.0. The van der Waals surface area contributed by atoms with Gasteiger partial charge in [-0.15, -0.1) is 0 Å². The van der Waals surface area contributed by atoms with Gasteiger partial charge in [-0.25, -0.2) is 4.79 Å². The molecule has 0 unspecified atom stereocenters. The number of carbonyl (C=O) groups excluding carboxylic acids is 1. The van der Waals surface area contributed by atoms with Crippen molar-refractivity contribution < 1.29 is 9.53 Å². The topological polar surface area (TPSA) is 54.5 Å². The second kappa shape index (κ2) is 4.84. The first-order chi connectivity index (χ1) is 8.44. The Labute approximate surface area is 107 Å². The Morgan fingerprint density at radius 3 is 2.78 bits per heavy atom. The minimum absolute atomic E-state index is 0.244. The highest BCUT2D eigenvalue weighted by Crippen LogP contribution is 2.18. The van der Waals surface area contributed by atoms with Gasteiger partial charge in [0.1, 0.15) is 5.60 Å².